The molecule has 0 spiro atoms. The summed E-state index contributed by atoms with van der Waals surface area (Å²) in [6.07, 6.45) is 1.91. The van der Waals surface area contributed by atoms with Gasteiger partial charge in [0.25, 0.3) is 5.56 Å². The Labute approximate surface area is 168 Å². The zero-order valence-electron chi connectivity index (χ0n) is 16.7. The highest BCUT2D eigenvalue weighted by Gasteiger charge is 2.22. The first kappa shape index (κ1) is 19.3. The molecule has 1 fully saturated rings. The van der Waals surface area contributed by atoms with Crippen LogP contribution in [0.4, 0.5) is 0 Å². The van der Waals surface area contributed by atoms with Crippen LogP contribution in [0, 0.1) is 0 Å². The largest absolute Gasteiger partial charge is 0.493 e. The summed E-state index contributed by atoms with van der Waals surface area (Å²) in [6.45, 7) is 1.84. The molecule has 3 aromatic rings. The predicted molar refractivity (Wildman–Crippen MR) is 112 cm³/mol. The molecule has 1 unspecified atom stereocenters. The molecule has 2 aromatic carbocycles. The summed E-state index contributed by atoms with van der Waals surface area (Å²) in [7, 11) is 3.13. The molecule has 2 heterocycles. The number of rotatable bonds is 5. The fraction of sp³-hybridized carbons (Fsp3) is 0.364. The number of benzene rings is 2. The topological polar surface area (TPSA) is 74.5 Å². The molecule has 7 heteroatoms. The van der Waals surface area contributed by atoms with Gasteiger partial charge in [0, 0.05) is 6.54 Å². The van der Waals surface area contributed by atoms with Crippen molar-refractivity contribution in [2.24, 2.45) is 0 Å². The highest BCUT2D eigenvalue weighted by atomic mass is 16.5. The number of aromatic nitrogens is 2. The average molecular weight is 395 g/mol. The number of methoxy groups -OCH3 is 2. The normalized spacial score (nSPS) is 16.7. The summed E-state index contributed by atoms with van der Waals surface area (Å²) in [5, 5.41) is 3.91. The maximum atomic E-state index is 13.4. The molecule has 1 N–H and O–H groups in total. The van der Waals surface area contributed by atoms with Gasteiger partial charge in [-0.05, 0) is 49.2 Å². The molecule has 1 aliphatic heterocycles. The standard InChI is InChI=1S/C22H25N3O4/c1-28-19-10-9-15(12-20(19)29-2)14-24-21(26)17-7-3-4-8-18(17)25(22(24)27)16-6-5-11-23-13-16/h3-4,7-10,12,16,23H,5-6,11,13-14H2,1-2H3. The van der Waals surface area contributed by atoms with Crippen molar-refractivity contribution in [3.8, 4) is 11.5 Å². The van der Waals surface area contributed by atoms with Crippen LogP contribution in [0.1, 0.15) is 24.4 Å². The van der Waals surface area contributed by atoms with Gasteiger partial charge in [-0.3, -0.25) is 13.9 Å². The number of fused-ring (bicyclic) bond motifs is 1. The lowest BCUT2D eigenvalue weighted by Gasteiger charge is -2.27. The van der Waals surface area contributed by atoms with E-state index in [2.05, 4.69) is 5.32 Å². The highest BCUT2D eigenvalue weighted by molar-refractivity contribution is 5.78. The Morgan fingerprint density at radius 2 is 1.86 bits per heavy atom. The lowest BCUT2D eigenvalue weighted by molar-refractivity contribution is 0.354. The van der Waals surface area contributed by atoms with Crippen molar-refractivity contribution in [1.29, 1.82) is 0 Å². The highest BCUT2D eigenvalue weighted by Crippen LogP contribution is 2.27. The number of hydrogen-bond acceptors (Lipinski definition) is 5. The van der Waals surface area contributed by atoms with E-state index >= 15 is 0 Å². The lowest BCUT2D eigenvalue weighted by Crippen LogP contribution is -2.44. The molecular weight excluding hydrogens is 370 g/mol. The minimum atomic E-state index is -0.280. The molecular formula is C22H25N3O4. The molecule has 1 saturated heterocycles. The molecule has 0 saturated carbocycles. The van der Waals surface area contributed by atoms with Crippen LogP contribution in [0.25, 0.3) is 10.9 Å². The van der Waals surface area contributed by atoms with Gasteiger partial charge in [0.1, 0.15) is 0 Å². The first-order valence-corrected chi connectivity index (χ1v) is 9.79. The zero-order chi connectivity index (χ0) is 20.4. The van der Waals surface area contributed by atoms with E-state index in [9.17, 15) is 9.59 Å². The third-order valence-electron chi connectivity index (χ3n) is 5.50. The fourth-order valence-corrected chi connectivity index (χ4v) is 4.04. The second-order valence-electron chi connectivity index (χ2n) is 7.25. The number of piperidine rings is 1. The van der Waals surface area contributed by atoms with Crippen molar-refractivity contribution in [2.75, 3.05) is 27.3 Å². The Morgan fingerprint density at radius 3 is 2.59 bits per heavy atom. The van der Waals surface area contributed by atoms with Gasteiger partial charge in [-0.1, -0.05) is 18.2 Å². The third kappa shape index (κ3) is 3.53. The maximum absolute atomic E-state index is 13.4. The molecule has 7 nitrogen and oxygen atoms in total. The summed E-state index contributed by atoms with van der Waals surface area (Å²) in [5.41, 5.74) is 0.933. The SMILES string of the molecule is COc1ccc(Cn2c(=O)c3ccccc3n(C3CCCNC3)c2=O)cc1OC. The molecule has 1 aromatic heterocycles. The molecule has 1 atom stereocenters. The van der Waals surface area contributed by atoms with E-state index in [0.717, 1.165) is 31.5 Å². The molecule has 29 heavy (non-hydrogen) atoms. The smallest absolute Gasteiger partial charge is 0.332 e. The van der Waals surface area contributed by atoms with Crippen LogP contribution in [0.3, 0.4) is 0 Å². The van der Waals surface area contributed by atoms with Gasteiger partial charge in [0.05, 0.1) is 37.7 Å². The fourth-order valence-electron chi connectivity index (χ4n) is 4.04. The van der Waals surface area contributed by atoms with E-state index < -0.39 is 0 Å². The van der Waals surface area contributed by atoms with Crippen LogP contribution in [-0.4, -0.2) is 36.4 Å². The van der Waals surface area contributed by atoms with Crippen LogP contribution >= 0.6 is 0 Å². The summed E-state index contributed by atoms with van der Waals surface area (Å²) >= 11 is 0. The van der Waals surface area contributed by atoms with E-state index in [-0.39, 0.29) is 23.8 Å². The number of nitrogens with zero attached hydrogens (tertiary/aromatic N) is 2. The molecule has 0 bridgehead atoms. The van der Waals surface area contributed by atoms with Gasteiger partial charge in [-0.2, -0.15) is 0 Å². The van der Waals surface area contributed by atoms with E-state index in [1.165, 1.54) is 4.57 Å². The monoisotopic (exact) mass is 395 g/mol. The van der Waals surface area contributed by atoms with Crippen molar-refractivity contribution in [1.82, 2.24) is 14.5 Å². The van der Waals surface area contributed by atoms with E-state index in [1.54, 1.807) is 37.0 Å². The summed E-state index contributed by atoms with van der Waals surface area (Å²) in [5.74, 6) is 1.17. The Morgan fingerprint density at radius 1 is 1.07 bits per heavy atom. The van der Waals surface area contributed by atoms with Gasteiger partial charge in [-0.25, -0.2) is 4.79 Å². The van der Waals surface area contributed by atoms with Crippen LogP contribution in [0.2, 0.25) is 0 Å². The summed E-state index contributed by atoms with van der Waals surface area (Å²) in [6, 6.07) is 12.8. The number of nitrogens with one attached hydrogen (secondary N) is 1. The molecule has 0 radical (unpaired) electrons. The maximum Gasteiger partial charge on any atom is 0.332 e. The van der Waals surface area contributed by atoms with Crippen LogP contribution < -0.4 is 26.0 Å². The molecule has 4 rings (SSSR count). The molecule has 0 aliphatic carbocycles. The van der Waals surface area contributed by atoms with Crippen LogP contribution in [-0.2, 0) is 6.54 Å². The van der Waals surface area contributed by atoms with Crippen LogP contribution in [0.15, 0.2) is 52.1 Å². The zero-order valence-corrected chi connectivity index (χ0v) is 16.7. The van der Waals surface area contributed by atoms with Crippen molar-refractivity contribution in [3.63, 3.8) is 0 Å². The molecule has 0 amide bonds. The second kappa shape index (κ2) is 8.13. The minimum Gasteiger partial charge on any atom is -0.493 e. The van der Waals surface area contributed by atoms with Gasteiger partial charge in [0.2, 0.25) is 0 Å². The average Bonchev–Trinajstić information content (AvgIpc) is 2.77. The summed E-state index contributed by atoms with van der Waals surface area (Å²) < 4.78 is 13.7. The Balaban J connectivity index is 1.87. The second-order valence-corrected chi connectivity index (χ2v) is 7.25. The van der Waals surface area contributed by atoms with Crippen molar-refractivity contribution in [2.45, 2.75) is 25.4 Å². The molecule has 1 aliphatic rings. The molecule has 152 valence electrons. The van der Waals surface area contributed by atoms with E-state index in [0.29, 0.717) is 22.4 Å². The first-order valence-electron chi connectivity index (χ1n) is 9.79. The third-order valence-corrected chi connectivity index (χ3v) is 5.50. The summed E-state index contributed by atoms with van der Waals surface area (Å²) in [4.78, 5) is 26.6. The van der Waals surface area contributed by atoms with Crippen LogP contribution in [0.5, 0.6) is 11.5 Å². The van der Waals surface area contributed by atoms with Crippen molar-refractivity contribution in [3.05, 3.63) is 68.9 Å². The van der Waals surface area contributed by atoms with Crippen molar-refractivity contribution >= 4 is 10.9 Å². The van der Waals surface area contributed by atoms with Gasteiger partial charge in [0.15, 0.2) is 11.5 Å². The number of hydrogen-bond donors (Lipinski definition) is 1. The van der Waals surface area contributed by atoms with Gasteiger partial charge < -0.3 is 14.8 Å². The number of ether oxygens (including phenoxy) is 2. The lowest BCUT2D eigenvalue weighted by atomic mass is 10.1. The Kier molecular flexibility index (Phi) is 5.40. The quantitative estimate of drug-likeness (QED) is 0.717. The van der Waals surface area contributed by atoms with Crippen molar-refractivity contribution < 1.29 is 9.47 Å². The first-order chi connectivity index (χ1) is 14.1. The van der Waals surface area contributed by atoms with Gasteiger partial charge in [-0.15, -0.1) is 0 Å². The van der Waals surface area contributed by atoms with Gasteiger partial charge >= 0.3 is 5.69 Å². The Hall–Kier alpha value is -3.06. The Bertz CT molecular complexity index is 1140. The number of para-hydroxylation sites is 1. The van der Waals surface area contributed by atoms with E-state index in [4.69, 9.17) is 9.47 Å². The van der Waals surface area contributed by atoms with E-state index in [1.807, 2.05) is 24.3 Å². The minimum absolute atomic E-state index is 0.0263. The predicted octanol–water partition coefficient (Wildman–Crippen LogP) is 2.15.